The normalized spacial score (nSPS) is 16.0. The van der Waals surface area contributed by atoms with E-state index in [2.05, 4.69) is 10.6 Å². The number of anilines is 2. The fourth-order valence-electron chi connectivity index (χ4n) is 2.85. The zero-order valence-electron chi connectivity index (χ0n) is 15.6. The second-order valence-electron chi connectivity index (χ2n) is 6.33. The van der Waals surface area contributed by atoms with Gasteiger partial charge < -0.3 is 24.8 Å². The Morgan fingerprint density at radius 2 is 1.96 bits per heavy atom. The molecule has 2 N–H and O–H groups in total. The fraction of sp³-hybridized carbons (Fsp3) is 0.381. The summed E-state index contributed by atoms with van der Waals surface area (Å²) < 4.78 is 16.7. The van der Waals surface area contributed by atoms with Crippen LogP contribution in [0.5, 0.6) is 11.5 Å². The molecule has 1 aliphatic rings. The van der Waals surface area contributed by atoms with Crippen molar-refractivity contribution in [2.24, 2.45) is 0 Å². The maximum absolute atomic E-state index is 12.1. The van der Waals surface area contributed by atoms with E-state index in [1.165, 1.54) is 0 Å². The lowest BCUT2D eigenvalue weighted by Gasteiger charge is -2.12. The lowest BCUT2D eigenvalue weighted by Crippen LogP contribution is -2.21. The molecule has 0 radical (unpaired) electrons. The smallest absolute Gasteiger partial charge is 0.243 e. The van der Waals surface area contributed by atoms with Gasteiger partial charge in [-0.1, -0.05) is 6.07 Å². The van der Waals surface area contributed by atoms with Gasteiger partial charge in [0.15, 0.2) is 0 Å². The van der Waals surface area contributed by atoms with Gasteiger partial charge in [-0.2, -0.15) is 0 Å². The number of carbonyl (C=O) groups excluding carboxylic acids is 1. The van der Waals surface area contributed by atoms with Crippen LogP contribution in [0.25, 0.3) is 0 Å². The van der Waals surface area contributed by atoms with Crippen LogP contribution in [0.15, 0.2) is 48.5 Å². The van der Waals surface area contributed by atoms with Crippen molar-refractivity contribution in [1.82, 2.24) is 0 Å². The molecule has 2 aromatic rings. The number of hydrogen-bond acceptors (Lipinski definition) is 5. The summed E-state index contributed by atoms with van der Waals surface area (Å²) in [5.41, 5.74) is 1.57. The molecule has 1 saturated heterocycles. The molecule has 6 heteroatoms. The molecule has 1 unspecified atom stereocenters. The number of amides is 1. The van der Waals surface area contributed by atoms with E-state index in [1.807, 2.05) is 55.5 Å². The highest BCUT2D eigenvalue weighted by atomic mass is 16.5. The predicted octanol–water partition coefficient (Wildman–Crippen LogP) is 3.69. The van der Waals surface area contributed by atoms with E-state index in [1.54, 1.807) is 0 Å². The third kappa shape index (κ3) is 6.18. The molecule has 144 valence electrons. The van der Waals surface area contributed by atoms with Crippen LogP contribution < -0.4 is 20.1 Å². The average Bonchev–Trinajstić information content (AvgIpc) is 3.20. The minimum absolute atomic E-state index is 0.123. The molecule has 0 spiro atoms. The monoisotopic (exact) mass is 370 g/mol. The quantitative estimate of drug-likeness (QED) is 0.704. The Morgan fingerprint density at radius 1 is 1.11 bits per heavy atom. The van der Waals surface area contributed by atoms with Crippen molar-refractivity contribution in [2.75, 3.05) is 37.0 Å². The number of nitrogens with one attached hydrogen (secondary N) is 2. The highest BCUT2D eigenvalue weighted by Crippen LogP contribution is 2.19. The SMILES string of the molecule is CCOc1cccc(NC(=O)CNc2ccc(OCC3CCCO3)cc2)c1. The summed E-state index contributed by atoms with van der Waals surface area (Å²) in [6.45, 7) is 4.10. The first-order chi connectivity index (χ1) is 13.2. The summed E-state index contributed by atoms with van der Waals surface area (Å²) in [6, 6.07) is 14.9. The van der Waals surface area contributed by atoms with E-state index in [4.69, 9.17) is 14.2 Å². The van der Waals surface area contributed by atoms with Crippen molar-refractivity contribution in [1.29, 1.82) is 0 Å². The van der Waals surface area contributed by atoms with Crippen LogP contribution in [0.1, 0.15) is 19.8 Å². The van der Waals surface area contributed by atoms with Crippen LogP contribution in [0.4, 0.5) is 11.4 Å². The molecule has 1 atom stereocenters. The van der Waals surface area contributed by atoms with Crippen LogP contribution >= 0.6 is 0 Å². The minimum atomic E-state index is -0.123. The molecule has 0 saturated carbocycles. The summed E-state index contributed by atoms with van der Waals surface area (Å²) >= 11 is 0. The second-order valence-corrected chi connectivity index (χ2v) is 6.33. The van der Waals surface area contributed by atoms with Gasteiger partial charge in [0.1, 0.15) is 18.1 Å². The number of carbonyl (C=O) groups is 1. The van der Waals surface area contributed by atoms with E-state index in [9.17, 15) is 4.79 Å². The van der Waals surface area contributed by atoms with Crippen molar-refractivity contribution in [3.8, 4) is 11.5 Å². The number of benzene rings is 2. The van der Waals surface area contributed by atoms with Crippen LogP contribution in [-0.4, -0.2) is 38.4 Å². The van der Waals surface area contributed by atoms with E-state index in [-0.39, 0.29) is 18.6 Å². The summed E-state index contributed by atoms with van der Waals surface area (Å²) in [5.74, 6) is 1.41. The lowest BCUT2D eigenvalue weighted by atomic mass is 10.2. The zero-order chi connectivity index (χ0) is 18.9. The summed E-state index contributed by atoms with van der Waals surface area (Å²) in [5, 5.41) is 5.96. The van der Waals surface area contributed by atoms with Crippen LogP contribution in [0, 0.1) is 0 Å². The maximum Gasteiger partial charge on any atom is 0.243 e. The zero-order valence-corrected chi connectivity index (χ0v) is 15.6. The topological polar surface area (TPSA) is 68.8 Å². The highest BCUT2D eigenvalue weighted by Gasteiger charge is 2.15. The Morgan fingerprint density at radius 3 is 2.70 bits per heavy atom. The van der Waals surface area contributed by atoms with Crippen molar-refractivity contribution < 1.29 is 19.0 Å². The van der Waals surface area contributed by atoms with Crippen LogP contribution in [0.2, 0.25) is 0 Å². The Kier molecular flexibility index (Phi) is 6.93. The maximum atomic E-state index is 12.1. The molecule has 0 bridgehead atoms. The molecule has 0 aromatic heterocycles. The molecule has 1 aliphatic heterocycles. The Labute approximate surface area is 159 Å². The Balaban J connectivity index is 1.42. The van der Waals surface area contributed by atoms with Crippen molar-refractivity contribution >= 4 is 17.3 Å². The van der Waals surface area contributed by atoms with E-state index < -0.39 is 0 Å². The number of rotatable bonds is 9. The third-order valence-corrected chi connectivity index (χ3v) is 4.20. The molecule has 0 aliphatic carbocycles. The Hall–Kier alpha value is -2.73. The fourth-order valence-corrected chi connectivity index (χ4v) is 2.85. The van der Waals surface area contributed by atoms with Gasteiger partial charge in [0, 0.05) is 24.0 Å². The first kappa shape index (κ1) is 19.0. The van der Waals surface area contributed by atoms with Gasteiger partial charge in [0.25, 0.3) is 0 Å². The lowest BCUT2D eigenvalue weighted by molar-refractivity contribution is -0.114. The molecule has 2 aromatic carbocycles. The van der Waals surface area contributed by atoms with Gasteiger partial charge in [0.2, 0.25) is 5.91 Å². The summed E-state index contributed by atoms with van der Waals surface area (Å²) in [7, 11) is 0. The van der Waals surface area contributed by atoms with Gasteiger partial charge >= 0.3 is 0 Å². The second kappa shape index (κ2) is 9.83. The van der Waals surface area contributed by atoms with Crippen molar-refractivity contribution in [2.45, 2.75) is 25.9 Å². The van der Waals surface area contributed by atoms with Gasteiger partial charge in [-0.25, -0.2) is 0 Å². The predicted molar refractivity (Wildman–Crippen MR) is 106 cm³/mol. The first-order valence-electron chi connectivity index (χ1n) is 9.34. The van der Waals surface area contributed by atoms with E-state index in [0.717, 1.165) is 36.6 Å². The van der Waals surface area contributed by atoms with Crippen LogP contribution in [0.3, 0.4) is 0 Å². The highest BCUT2D eigenvalue weighted by molar-refractivity contribution is 5.93. The standard InChI is InChI=1S/C21H26N2O4/c1-2-25-19-6-3-5-17(13-19)23-21(24)14-22-16-8-10-18(11-9-16)27-15-20-7-4-12-26-20/h3,5-6,8-11,13,20,22H,2,4,7,12,14-15H2,1H3,(H,23,24). The molecule has 27 heavy (non-hydrogen) atoms. The van der Waals surface area contributed by atoms with Crippen LogP contribution in [-0.2, 0) is 9.53 Å². The molecule has 6 nitrogen and oxygen atoms in total. The molecule has 1 fully saturated rings. The minimum Gasteiger partial charge on any atom is -0.494 e. The molecular formula is C21H26N2O4. The van der Waals surface area contributed by atoms with Gasteiger partial charge in [-0.15, -0.1) is 0 Å². The number of hydrogen-bond donors (Lipinski definition) is 2. The summed E-state index contributed by atoms with van der Waals surface area (Å²) in [4.78, 5) is 12.1. The largest absolute Gasteiger partial charge is 0.494 e. The molecular weight excluding hydrogens is 344 g/mol. The van der Waals surface area contributed by atoms with Crippen molar-refractivity contribution in [3.63, 3.8) is 0 Å². The molecule has 3 rings (SSSR count). The molecule has 1 heterocycles. The van der Waals surface area contributed by atoms with Crippen molar-refractivity contribution in [3.05, 3.63) is 48.5 Å². The van der Waals surface area contributed by atoms with Gasteiger partial charge in [0.05, 0.1) is 19.3 Å². The Bertz CT molecular complexity index is 727. The summed E-state index contributed by atoms with van der Waals surface area (Å²) in [6.07, 6.45) is 2.37. The average molecular weight is 370 g/mol. The van der Waals surface area contributed by atoms with E-state index in [0.29, 0.717) is 18.9 Å². The number of ether oxygens (including phenoxy) is 3. The van der Waals surface area contributed by atoms with Gasteiger partial charge in [-0.3, -0.25) is 4.79 Å². The van der Waals surface area contributed by atoms with Gasteiger partial charge in [-0.05, 0) is 56.2 Å². The molecule has 1 amide bonds. The third-order valence-electron chi connectivity index (χ3n) is 4.20. The van der Waals surface area contributed by atoms with E-state index >= 15 is 0 Å². The first-order valence-corrected chi connectivity index (χ1v) is 9.34.